The molecular formula is C18H18FNO5. The summed E-state index contributed by atoms with van der Waals surface area (Å²) in [6.07, 6.45) is -1.07. The van der Waals surface area contributed by atoms with Gasteiger partial charge in [0.25, 0.3) is 5.91 Å². The Labute approximate surface area is 144 Å². The van der Waals surface area contributed by atoms with Crippen molar-refractivity contribution in [2.24, 2.45) is 0 Å². The Kier molecular flexibility index (Phi) is 5.94. The summed E-state index contributed by atoms with van der Waals surface area (Å²) in [5.41, 5.74) is 0.488. The average molecular weight is 347 g/mol. The highest BCUT2D eigenvalue weighted by molar-refractivity contribution is 5.97. The van der Waals surface area contributed by atoms with Gasteiger partial charge >= 0.3 is 5.97 Å². The van der Waals surface area contributed by atoms with Crippen LogP contribution in [0.15, 0.2) is 42.5 Å². The molecule has 0 unspecified atom stereocenters. The Bertz CT molecular complexity index is 778. The van der Waals surface area contributed by atoms with Gasteiger partial charge in [0.15, 0.2) is 17.7 Å². The van der Waals surface area contributed by atoms with E-state index in [-0.39, 0.29) is 11.3 Å². The lowest BCUT2D eigenvalue weighted by Gasteiger charge is -2.14. The van der Waals surface area contributed by atoms with Crippen LogP contribution in [0.4, 0.5) is 10.1 Å². The molecule has 0 aliphatic heterocycles. The smallest absolute Gasteiger partial charge is 0.339 e. The van der Waals surface area contributed by atoms with Crippen LogP contribution in [0.5, 0.6) is 11.5 Å². The zero-order valence-electron chi connectivity index (χ0n) is 14.0. The van der Waals surface area contributed by atoms with E-state index in [0.717, 1.165) is 6.07 Å². The Morgan fingerprint density at radius 1 is 1.08 bits per heavy atom. The number of esters is 1. The summed E-state index contributed by atoms with van der Waals surface area (Å²) < 4.78 is 28.6. The molecule has 0 aromatic heterocycles. The second-order valence-electron chi connectivity index (χ2n) is 5.12. The predicted octanol–water partition coefficient (Wildman–Crippen LogP) is 3.03. The monoisotopic (exact) mass is 347 g/mol. The fourth-order valence-corrected chi connectivity index (χ4v) is 2.02. The molecule has 7 heteroatoms. The molecule has 0 aliphatic rings. The van der Waals surface area contributed by atoms with Crippen molar-refractivity contribution in [3.8, 4) is 11.5 Å². The lowest BCUT2D eigenvalue weighted by atomic mass is 10.2. The van der Waals surface area contributed by atoms with E-state index in [4.69, 9.17) is 14.2 Å². The average Bonchev–Trinajstić information content (AvgIpc) is 2.61. The van der Waals surface area contributed by atoms with Crippen molar-refractivity contribution in [1.29, 1.82) is 0 Å². The summed E-state index contributed by atoms with van der Waals surface area (Å²) in [7, 11) is 2.83. The Balaban J connectivity index is 2.00. The minimum atomic E-state index is -1.07. The van der Waals surface area contributed by atoms with Crippen LogP contribution in [0, 0.1) is 5.82 Å². The van der Waals surface area contributed by atoms with Gasteiger partial charge in [0.05, 0.1) is 19.8 Å². The molecule has 0 heterocycles. The summed E-state index contributed by atoms with van der Waals surface area (Å²) in [4.78, 5) is 24.2. The minimum Gasteiger partial charge on any atom is -0.497 e. The van der Waals surface area contributed by atoms with Gasteiger partial charge in [0.1, 0.15) is 5.75 Å². The molecule has 2 rings (SSSR count). The van der Waals surface area contributed by atoms with Gasteiger partial charge in [0.2, 0.25) is 0 Å². The molecule has 0 bridgehead atoms. The number of rotatable bonds is 6. The largest absolute Gasteiger partial charge is 0.497 e. The third-order valence-corrected chi connectivity index (χ3v) is 3.38. The third kappa shape index (κ3) is 4.69. The summed E-state index contributed by atoms with van der Waals surface area (Å²) in [6.45, 7) is 1.42. The zero-order valence-corrected chi connectivity index (χ0v) is 14.0. The molecule has 132 valence electrons. The number of methoxy groups -OCH3 is 2. The molecule has 1 N–H and O–H groups in total. The standard InChI is InChI=1S/C18H18FNO5/c1-11(17(21)20-13-5-4-6-14(10-13)23-2)25-18(22)12-7-8-16(24-3)15(19)9-12/h4-11H,1-3H3,(H,20,21)/t11-/m1/s1. The number of anilines is 1. The highest BCUT2D eigenvalue weighted by atomic mass is 19.1. The minimum absolute atomic E-state index is 0.0142. The first kappa shape index (κ1) is 18.3. The fraction of sp³-hybridized carbons (Fsp3) is 0.222. The maximum Gasteiger partial charge on any atom is 0.339 e. The molecule has 0 saturated heterocycles. The predicted molar refractivity (Wildman–Crippen MR) is 89.5 cm³/mol. The van der Waals surface area contributed by atoms with Crippen molar-refractivity contribution in [2.45, 2.75) is 13.0 Å². The number of carbonyl (C=O) groups is 2. The molecule has 2 aromatic rings. The van der Waals surface area contributed by atoms with Crippen LogP contribution in [0.3, 0.4) is 0 Å². The topological polar surface area (TPSA) is 73.9 Å². The van der Waals surface area contributed by atoms with Gasteiger partial charge in [-0.1, -0.05) is 6.07 Å². The van der Waals surface area contributed by atoms with Crippen molar-refractivity contribution >= 4 is 17.6 Å². The van der Waals surface area contributed by atoms with E-state index in [1.165, 1.54) is 33.3 Å². The SMILES string of the molecule is COc1cccc(NC(=O)[C@@H](C)OC(=O)c2ccc(OC)c(F)c2)c1. The molecule has 0 fully saturated rings. The first-order chi connectivity index (χ1) is 11.9. The molecule has 0 spiro atoms. The molecule has 0 saturated carbocycles. The van der Waals surface area contributed by atoms with Gasteiger partial charge in [-0.15, -0.1) is 0 Å². The van der Waals surface area contributed by atoms with Crippen LogP contribution in [0.1, 0.15) is 17.3 Å². The number of nitrogens with one attached hydrogen (secondary N) is 1. The van der Waals surface area contributed by atoms with Crippen LogP contribution in [0.25, 0.3) is 0 Å². The molecule has 0 radical (unpaired) electrons. The van der Waals surface area contributed by atoms with E-state index in [9.17, 15) is 14.0 Å². The van der Waals surface area contributed by atoms with Gasteiger partial charge in [0, 0.05) is 11.8 Å². The maximum atomic E-state index is 13.6. The molecule has 25 heavy (non-hydrogen) atoms. The lowest BCUT2D eigenvalue weighted by molar-refractivity contribution is -0.123. The van der Waals surface area contributed by atoms with Crippen LogP contribution in [0.2, 0.25) is 0 Å². The van der Waals surface area contributed by atoms with Crippen LogP contribution in [-0.2, 0) is 9.53 Å². The molecule has 1 amide bonds. The van der Waals surface area contributed by atoms with Gasteiger partial charge in [-0.3, -0.25) is 4.79 Å². The fourth-order valence-electron chi connectivity index (χ4n) is 2.02. The second kappa shape index (κ2) is 8.14. The van der Waals surface area contributed by atoms with E-state index in [2.05, 4.69) is 5.32 Å². The van der Waals surface area contributed by atoms with Crippen molar-refractivity contribution in [1.82, 2.24) is 0 Å². The maximum absolute atomic E-state index is 13.6. The number of hydrogen-bond acceptors (Lipinski definition) is 5. The number of ether oxygens (including phenoxy) is 3. The number of benzene rings is 2. The first-order valence-corrected chi connectivity index (χ1v) is 7.44. The number of halogens is 1. The lowest BCUT2D eigenvalue weighted by Crippen LogP contribution is -2.30. The van der Waals surface area contributed by atoms with Gasteiger partial charge < -0.3 is 19.5 Å². The molecular weight excluding hydrogens is 329 g/mol. The Morgan fingerprint density at radius 2 is 1.84 bits per heavy atom. The zero-order chi connectivity index (χ0) is 18.4. The van der Waals surface area contributed by atoms with Gasteiger partial charge in [-0.25, -0.2) is 9.18 Å². The number of amides is 1. The van der Waals surface area contributed by atoms with Crippen LogP contribution < -0.4 is 14.8 Å². The van der Waals surface area contributed by atoms with Crippen molar-refractivity contribution < 1.29 is 28.2 Å². The van der Waals surface area contributed by atoms with E-state index in [0.29, 0.717) is 11.4 Å². The van der Waals surface area contributed by atoms with Crippen LogP contribution >= 0.6 is 0 Å². The number of carbonyl (C=O) groups excluding carboxylic acids is 2. The van der Waals surface area contributed by atoms with Crippen molar-refractivity contribution in [2.75, 3.05) is 19.5 Å². The Morgan fingerprint density at radius 3 is 2.48 bits per heavy atom. The summed E-state index contributed by atoms with van der Waals surface area (Å²) >= 11 is 0. The van der Waals surface area contributed by atoms with Crippen molar-refractivity contribution in [3.63, 3.8) is 0 Å². The highest BCUT2D eigenvalue weighted by Gasteiger charge is 2.20. The molecule has 1 atom stereocenters. The summed E-state index contributed by atoms with van der Waals surface area (Å²) in [6, 6.07) is 10.4. The normalized spacial score (nSPS) is 11.4. The van der Waals surface area contributed by atoms with E-state index in [1.807, 2.05) is 0 Å². The summed E-state index contributed by atoms with van der Waals surface area (Å²) in [5.74, 6) is -1.42. The molecule has 6 nitrogen and oxygen atoms in total. The Hall–Kier alpha value is -3.09. The third-order valence-electron chi connectivity index (χ3n) is 3.38. The van der Waals surface area contributed by atoms with E-state index in [1.54, 1.807) is 24.3 Å². The quantitative estimate of drug-likeness (QED) is 0.813. The van der Waals surface area contributed by atoms with E-state index < -0.39 is 23.8 Å². The number of hydrogen-bond donors (Lipinski definition) is 1. The second-order valence-corrected chi connectivity index (χ2v) is 5.12. The van der Waals surface area contributed by atoms with Crippen molar-refractivity contribution in [3.05, 3.63) is 53.8 Å². The molecule has 0 aliphatic carbocycles. The van der Waals surface area contributed by atoms with Gasteiger partial charge in [-0.2, -0.15) is 0 Å². The van der Waals surface area contributed by atoms with E-state index >= 15 is 0 Å². The molecule has 2 aromatic carbocycles. The van der Waals surface area contributed by atoms with Crippen LogP contribution in [-0.4, -0.2) is 32.2 Å². The first-order valence-electron chi connectivity index (χ1n) is 7.44. The van der Waals surface area contributed by atoms with Gasteiger partial charge in [-0.05, 0) is 37.3 Å². The summed E-state index contributed by atoms with van der Waals surface area (Å²) in [5, 5.41) is 2.61. The highest BCUT2D eigenvalue weighted by Crippen LogP contribution is 2.19.